The minimum Gasteiger partial charge on any atom is -0.492 e. The average molecular weight is 231 g/mol. The van der Waals surface area contributed by atoms with Crippen molar-refractivity contribution >= 4 is 15.9 Å². The topological polar surface area (TPSA) is 9.23 Å². The fourth-order valence-corrected chi connectivity index (χ4v) is 1.84. The number of alkyl halides is 1. The Hall–Kier alpha value is -0.570. The molecule has 0 radical (unpaired) electrons. The van der Waals surface area contributed by atoms with Crippen LogP contribution in [0.5, 0.6) is 5.75 Å². The van der Waals surface area contributed by atoms with Gasteiger partial charge in [0.25, 0.3) is 0 Å². The van der Waals surface area contributed by atoms with Crippen LogP contribution in [-0.2, 0) is 0 Å². The molecule has 1 aromatic carbocycles. The lowest BCUT2D eigenvalue weighted by Crippen LogP contribution is -2.11. The zero-order valence-electron chi connectivity index (χ0n) is 6.39. The van der Waals surface area contributed by atoms with Gasteiger partial charge in [-0.1, -0.05) is 12.1 Å². The highest BCUT2D eigenvalue weighted by Gasteiger charge is 2.21. The molecule has 1 heterocycles. The van der Waals surface area contributed by atoms with E-state index in [-0.39, 0.29) is 0 Å². The SMILES string of the molecule is FC1CCOc2c(Br)cccc21. The minimum absolute atomic E-state index is 0.462. The number of benzene rings is 1. The molecular formula is C9H8BrFO. The van der Waals surface area contributed by atoms with Crippen molar-refractivity contribution in [2.24, 2.45) is 0 Å². The Labute approximate surface area is 78.7 Å². The van der Waals surface area contributed by atoms with E-state index in [0.29, 0.717) is 24.3 Å². The molecule has 1 unspecified atom stereocenters. The van der Waals surface area contributed by atoms with Crippen LogP contribution in [0.4, 0.5) is 4.39 Å². The van der Waals surface area contributed by atoms with E-state index in [0.717, 1.165) is 4.47 Å². The molecule has 1 aromatic rings. The third kappa shape index (κ3) is 1.22. The molecule has 0 spiro atoms. The number of para-hydroxylation sites is 1. The number of hydrogen-bond donors (Lipinski definition) is 0. The van der Waals surface area contributed by atoms with Crippen molar-refractivity contribution < 1.29 is 9.13 Å². The van der Waals surface area contributed by atoms with Crippen LogP contribution in [-0.4, -0.2) is 6.61 Å². The highest BCUT2D eigenvalue weighted by Crippen LogP contribution is 2.39. The molecular weight excluding hydrogens is 223 g/mol. The molecule has 0 bridgehead atoms. The van der Waals surface area contributed by atoms with Gasteiger partial charge >= 0.3 is 0 Å². The molecule has 3 heteroatoms. The summed E-state index contributed by atoms with van der Waals surface area (Å²) in [6.45, 7) is 0.469. The Kier molecular flexibility index (Phi) is 2.05. The number of rotatable bonds is 0. The predicted octanol–water partition coefficient (Wildman–Crippen LogP) is 3.24. The highest BCUT2D eigenvalue weighted by molar-refractivity contribution is 9.10. The van der Waals surface area contributed by atoms with Gasteiger partial charge < -0.3 is 4.74 Å². The summed E-state index contributed by atoms with van der Waals surface area (Å²) in [5, 5.41) is 0. The molecule has 0 N–H and O–H groups in total. The molecule has 0 aliphatic carbocycles. The van der Waals surface area contributed by atoms with Crippen LogP contribution in [0.1, 0.15) is 18.2 Å². The molecule has 0 fully saturated rings. The van der Waals surface area contributed by atoms with E-state index in [9.17, 15) is 4.39 Å². The second-order valence-corrected chi connectivity index (χ2v) is 3.62. The van der Waals surface area contributed by atoms with Crippen molar-refractivity contribution in [2.75, 3.05) is 6.61 Å². The first kappa shape index (κ1) is 8.05. The number of halogens is 2. The third-order valence-electron chi connectivity index (χ3n) is 1.95. The van der Waals surface area contributed by atoms with Gasteiger partial charge in [-0.2, -0.15) is 0 Å². The Balaban J connectivity index is 2.52. The molecule has 1 atom stereocenters. The summed E-state index contributed by atoms with van der Waals surface area (Å²) in [6, 6.07) is 5.45. The second-order valence-electron chi connectivity index (χ2n) is 2.76. The summed E-state index contributed by atoms with van der Waals surface area (Å²) in [5.74, 6) is 0.663. The largest absolute Gasteiger partial charge is 0.492 e. The maximum Gasteiger partial charge on any atom is 0.139 e. The number of fused-ring (bicyclic) bond motifs is 1. The maximum atomic E-state index is 13.3. The first-order valence-electron chi connectivity index (χ1n) is 3.84. The van der Waals surface area contributed by atoms with Gasteiger partial charge in [0.2, 0.25) is 0 Å². The van der Waals surface area contributed by atoms with Crippen LogP contribution in [0.3, 0.4) is 0 Å². The van der Waals surface area contributed by atoms with E-state index in [2.05, 4.69) is 15.9 Å². The number of hydrogen-bond acceptors (Lipinski definition) is 1. The van der Waals surface area contributed by atoms with Crippen LogP contribution in [0.2, 0.25) is 0 Å². The summed E-state index contributed by atoms with van der Waals surface area (Å²) < 4.78 is 19.4. The molecule has 1 aliphatic rings. The lowest BCUT2D eigenvalue weighted by atomic mass is 10.1. The van der Waals surface area contributed by atoms with E-state index in [1.165, 1.54) is 0 Å². The second kappa shape index (κ2) is 3.05. The van der Waals surface area contributed by atoms with Crippen molar-refractivity contribution in [1.29, 1.82) is 0 Å². The van der Waals surface area contributed by atoms with E-state index < -0.39 is 6.17 Å². The van der Waals surface area contributed by atoms with Crippen LogP contribution in [0.25, 0.3) is 0 Å². The minimum atomic E-state index is -0.869. The van der Waals surface area contributed by atoms with Crippen molar-refractivity contribution in [3.8, 4) is 5.75 Å². The zero-order chi connectivity index (χ0) is 8.55. The van der Waals surface area contributed by atoms with Crippen LogP contribution >= 0.6 is 15.9 Å². The third-order valence-corrected chi connectivity index (χ3v) is 2.58. The quantitative estimate of drug-likeness (QED) is 0.665. The van der Waals surface area contributed by atoms with Gasteiger partial charge in [0, 0.05) is 12.0 Å². The summed E-state index contributed by atoms with van der Waals surface area (Å²) in [7, 11) is 0. The maximum absolute atomic E-state index is 13.3. The molecule has 0 saturated heterocycles. The van der Waals surface area contributed by atoms with Crippen LogP contribution in [0, 0.1) is 0 Å². The summed E-state index contributed by atoms with van der Waals surface area (Å²) in [5.41, 5.74) is 0.663. The van der Waals surface area contributed by atoms with Gasteiger partial charge in [-0.25, -0.2) is 4.39 Å². The van der Waals surface area contributed by atoms with E-state index in [4.69, 9.17) is 4.74 Å². The van der Waals surface area contributed by atoms with E-state index in [1.54, 1.807) is 6.07 Å². The standard InChI is InChI=1S/C9H8BrFO/c10-7-3-1-2-6-8(11)4-5-12-9(6)7/h1-3,8H,4-5H2. The Morgan fingerprint density at radius 1 is 1.50 bits per heavy atom. The Morgan fingerprint density at radius 3 is 3.08 bits per heavy atom. The summed E-state index contributed by atoms with van der Waals surface area (Å²) in [4.78, 5) is 0. The van der Waals surface area contributed by atoms with Gasteiger partial charge in [0.15, 0.2) is 0 Å². The Bertz CT molecular complexity index is 301. The van der Waals surface area contributed by atoms with Crippen molar-refractivity contribution in [2.45, 2.75) is 12.6 Å². The molecule has 1 nitrogen and oxygen atoms in total. The smallest absolute Gasteiger partial charge is 0.139 e. The molecule has 12 heavy (non-hydrogen) atoms. The van der Waals surface area contributed by atoms with Crippen molar-refractivity contribution in [3.05, 3.63) is 28.2 Å². The van der Waals surface area contributed by atoms with Gasteiger partial charge in [-0.15, -0.1) is 0 Å². The van der Waals surface area contributed by atoms with Crippen molar-refractivity contribution in [1.82, 2.24) is 0 Å². The molecule has 2 rings (SSSR count). The summed E-state index contributed by atoms with van der Waals surface area (Å²) >= 11 is 3.32. The van der Waals surface area contributed by atoms with Crippen molar-refractivity contribution in [3.63, 3.8) is 0 Å². The predicted molar refractivity (Wildman–Crippen MR) is 48.1 cm³/mol. The van der Waals surface area contributed by atoms with E-state index in [1.807, 2.05) is 12.1 Å². The summed E-state index contributed by atoms with van der Waals surface area (Å²) in [6.07, 6.45) is -0.407. The number of ether oxygens (including phenoxy) is 1. The first-order valence-corrected chi connectivity index (χ1v) is 4.63. The highest BCUT2D eigenvalue weighted by atomic mass is 79.9. The lowest BCUT2D eigenvalue weighted by molar-refractivity contribution is 0.199. The molecule has 64 valence electrons. The van der Waals surface area contributed by atoms with E-state index >= 15 is 0 Å². The first-order chi connectivity index (χ1) is 5.79. The molecule has 1 aliphatic heterocycles. The monoisotopic (exact) mass is 230 g/mol. The van der Waals surface area contributed by atoms with Crippen LogP contribution < -0.4 is 4.74 Å². The fraction of sp³-hybridized carbons (Fsp3) is 0.333. The van der Waals surface area contributed by atoms with Gasteiger partial charge in [-0.05, 0) is 22.0 Å². The Morgan fingerprint density at radius 2 is 2.33 bits per heavy atom. The fourth-order valence-electron chi connectivity index (χ4n) is 1.34. The molecule has 0 amide bonds. The lowest BCUT2D eigenvalue weighted by Gasteiger charge is -2.21. The normalized spacial score (nSPS) is 21.3. The van der Waals surface area contributed by atoms with Gasteiger partial charge in [0.05, 0.1) is 11.1 Å². The zero-order valence-corrected chi connectivity index (χ0v) is 7.97. The molecule has 0 saturated carbocycles. The average Bonchev–Trinajstić information content (AvgIpc) is 2.07. The van der Waals surface area contributed by atoms with Crippen LogP contribution in [0.15, 0.2) is 22.7 Å². The molecule has 0 aromatic heterocycles. The van der Waals surface area contributed by atoms with Gasteiger partial charge in [-0.3, -0.25) is 0 Å². The van der Waals surface area contributed by atoms with Gasteiger partial charge in [0.1, 0.15) is 11.9 Å².